The molecule has 0 aliphatic heterocycles. The molecule has 4 N–H and O–H groups in total. The molecular weight excluding hydrogens is 548 g/mol. The maximum atomic E-state index is 11.1. The lowest BCUT2D eigenvalue weighted by molar-refractivity contribution is 0.00695. The van der Waals surface area contributed by atoms with Crippen LogP contribution >= 0.6 is 11.3 Å². The normalized spacial score (nSPS) is 20.3. The third kappa shape index (κ3) is 6.53. The number of aliphatic hydroxyl groups is 2. The van der Waals surface area contributed by atoms with Gasteiger partial charge in [-0.15, -0.1) is 11.3 Å². The molecule has 0 spiro atoms. The van der Waals surface area contributed by atoms with Gasteiger partial charge in [-0.2, -0.15) is 0 Å². The van der Waals surface area contributed by atoms with Crippen LogP contribution in [0, 0.1) is 5.92 Å². The number of ether oxygens (including phenoxy) is 1. The minimum atomic E-state index is -0.900. The minimum absolute atomic E-state index is 0.0653. The van der Waals surface area contributed by atoms with Crippen molar-refractivity contribution in [1.82, 2.24) is 30.2 Å². The number of benzene rings is 2. The number of nitrogens with one attached hydrogen (secondary N) is 2. The van der Waals surface area contributed by atoms with Crippen LogP contribution in [0.15, 0.2) is 84.8 Å². The first kappa shape index (κ1) is 28.4. The molecule has 10 heteroatoms. The first-order chi connectivity index (χ1) is 20.7. The van der Waals surface area contributed by atoms with Crippen molar-refractivity contribution in [1.29, 1.82) is 0 Å². The molecule has 0 radical (unpaired) electrons. The van der Waals surface area contributed by atoms with Crippen LogP contribution in [0.4, 0.5) is 0 Å². The van der Waals surface area contributed by atoms with E-state index in [0.29, 0.717) is 24.5 Å². The fourth-order valence-electron chi connectivity index (χ4n) is 5.66. The fraction of sp³-hybridized carbons (Fsp3) is 0.344. The zero-order valence-electron chi connectivity index (χ0n) is 23.3. The summed E-state index contributed by atoms with van der Waals surface area (Å²) in [5.74, 6) is 1.18. The Kier molecular flexibility index (Phi) is 9.17. The maximum Gasteiger partial charge on any atom is 0.230 e. The molecule has 1 fully saturated rings. The van der Waals surface area contributed by atoms with Gasteiger partial charge in [-0.1, -0.05) is 48.5 Å². The molecule has 0 unspecified atom stereocenters. The zero-order valence-corrected chi connectivity index (χ0v) is 24.2. The van der Waals surface area contributed by atoms with Crippen LogP contribution in [0.25, 0.3) is 21.6 Å². The Balaban J connectivity index is 1.05. The minimum Gasteiger partial charge on any atom is -0.438 e. The maximum absolute atomic E-state index is 11.1. The Morgan fingerprint density at radius 2 is 1.74 bits per heavy atom. The van der Waals surface area contributed by atoms with Gasteiger partial charge in [0.1, 0.15) is 28.8 Å². The molecule has 0 bridgehead atoms. The van der Waals surface area contributed by atoms with Gasteiger partial charge in [-0.3, -0.25) is 0 Å². The van der Waals surface area contributed by atoms with Gasteiger partial charge in [-0.25, -0.2) is 15.0 Å². The van der Waals surface area contributed by atoms with Crippen molar-refractivity contribution >= 4 is 22.4 Å². The van der Waals surface area contributed by atoms with Gasteiger partial charge >= 0.3 is 0 Å². The van der Waals surface area contributed by atoms with E-state index in [1.54, 1.807) is 6.20 Å². The Morgan fingerprint density at radius 3 is 2.57 bits per heavy atom. The van der Waals surface area contributed by atoms with Crippen molar-refractivity contribution in [3.8, 4) is 22.2 Å². The highest BCUT2D eigenvalue weighted by atomic mass is 32.1. The smallest absolute Gasteiger partial charge is 0.230 e. The number of fused-ring (bicyclic) bond motifs is 1. The van der Waals surface area contributed by atoms with Crippen LogP contribution < -0.4 is 15.4 Å². The van der Waals surface area contributed by atoms with Gasteiger partial charge in [0.05, 0.1) is 17.5 Å². The SMILES string of the molecule is O[C@@H]1[C@@H](CNCCCNCCc2ccccc2)C[C@@H](n2cc(-c3nc(Oc4ccccc4)cs3)c3cncnc32)[C@@H]1O. The molecule has 3 heterocycles. The summed E-state index contributed by atoms with van der Waals surface area (Å²) in [5, 5.41) is 32.5. The molecule has 3 aromatic heterocycles. The summed E-state index contributed by atoms with van der Waals surface area (Å²) in [6, 6.07) is 19.7. The molecule has 1 saturated carbocycles. The van der Waals surface area contributed by atoms with E-state index in [2.05, 4.69) is 44.9 Å². The second-order valence-corrected chi connectivity index (χ2v) is 11.6. The summed E-state index contributed by atoms with van der Waals surface area (Å²) in [6.45, 7) is 3.39. The van der Waals surface area contributed by atoms with Crippen molar-refractivity contribution in [3.05, 3.63) is 90.3 Å². The van der Waals surface area contributed by atoms with E-state index in [-0.39, 0.29) is 12.0 Å². The van der Waals surface area contributed by atoms with Gasteiger partial charge in [0.15, 0.2) is 0 Å². The third-order valence-corrected chi connectivity index (χ3v) is 8.70. The van der Waals surface area contributed by atoms with Crippen molar-refractivity contribution in [3.63, 3.8) is 0 Å². The largest absolute Gasteiger partial charge is 0.438 e. The average Bonchev–Trinajstić information content (AvgIpc) is 3.72. The molecule has 2 aromatic carbocycles. The average molecular weight is 585 g/mol. The van der Waals surface area contributed by atoms with Crippen molar-refractivity contribution in [2.75, 3.05) is 26.2 Å². The van der Waals surface area contributed by atoms with Crippen molar-refractivity contribution in [2.45, 2.75) is 37.5 Å². The Bertz CT molecular complexity index is 1560. The van der Waals surface area contributed by atoms with Crippen LogP contribution in [-0.4, -0.2) is 68.1 Å². The second kappa shape index (κ2) is 13.5. The monoisotopic (exact) mass is 584 g/mol. The van der Waals surface area contributed by atoms with Crippen molar-refractivity contribution < 1.29 is 14.9 Å². The molecule has 9 nitrogen and oxygen atoms in total. The molecule has 5 aromatic rings. The Hall–Kier alpha value is -3.67. The Labute approximate surface area is 249 Å². The number of aromatic nitrogens is 4. The standard InChI is InChI=1S/C32H36N6O3S/c39-29-23(17-34-14-7-13-33-15-12-22-8-3-1-4-9-22)16-27(30(29)40)38-19-26(25-18-35-21-36-31(25)38)32-37-28(20-42-32)41-24-10-5-2-6-11-24/h1-6,8-11,18-21,23,27,29-30,33-34,39-40H,7,12-17H2/t23-,27-,29-,30+/m1/s1. The first-order valence-electron chi connectivity index (χ1n) is 14.5. The van der Waals surface area contributed by atoms with Crippen LogP contribution in [0.2, 0.25) is 0 Å². The lowest BCUT2D eigenvalue weighted by Crippen LogP contribution is -2.34. The molecule has 0 amide bonds. The predicted octanol–water partition coefficient (Wildman–Crippen LogP) is 4.44. The third-order valence-electron chi connectivity index (χ3n) is 7.85. The number of para-hydroxylation sites is 1. The molecule has 0 saturated heterocycles. The number of rotatable bonds is 13. The molecule has 218 valence electrons. The highest BCUT2D eigenvalue weighted by molar-refractivity contribution is 7.13. The van der Waals surface area contributed by atoms with Crippen molar-refractivity contribution in [2.24, 2.45) is 5.92 Å². The topological polar surface area (TPSA) is 117 Å². The van der Waals surface area contributed by atoms with Crippen LogP contribution in [0.1, 0.15) is 24.4 Å². The highest BCUT2D eigenvalue weighted by Crippen LogP contribution is 2.41. The van der Waals surface area contributed by atoms with E-state index in [1.807, 2.05) is 52.5 Å². The van der Waals surface area contributed by atoms with Gasteiger partial charge in [0.2, 0.25) is 5.88 Å². The van der Waals surface area contributed by atoms with Crippen LogP contribution in [0.3, 0.4) is 0 Å². The van der Waals surface area contributed by atoms with E-state index >= 15 is 0 Å². The molecule has 1 aliphatic carbocycles. The Morgan fingerprint density at radius 1 is 0.952 bits per heavy atom. The summed E-state index contributed by atoms with van der Waals surface area (Å²) in [4.78, 5) is 13.5. The van der Waals surface area contributed by atoms with Gasteiger partial charge < -0.3 is 30.2 Å². The number of aliphatic hydroxyl groups excluding tert-OH is 2. The summed E-state index contributed by atoms with van der Waals surface area (Å²) in [5.41, 5.74) is 2.93. The van der Waals surface area contributed by atoms with Gasteiger partial charge in [0, 0.05) is 35.8 Å². The molecule has 4 atom stereocenters. The van der Waals surface area contributed by atoms with Gasteiger partial charge in [-0.05, 0) is 56.6 Å². The molecule has 42 heavy (non-hydrogen) atoms. The predicted molar refractivity (Wildman–Crippen MR) is 165 cm³/mol. The number of hydrogen-bond acceptors (Lipinski definition) is 9. The van der Waals surface area contributed by atoms with E-state index in [9.17, 15) is 10.2 Å². The number of nitrogens with zero attached hydrogens (tertiary/aromatic N) is 4. The molecule has 6 rings (SSSR count). The fourth-order valence-corrected chi connectivity index (χ4v) is 6.40. The summed E-state index contributed by atoms with van der Waals surface area (Å²) < 4.78 is 7.90. The second-order valence-electron chi connectivity index (χ2n) is 10.7. The number of thiazole rings is 1. The zero-order chi connectivity index (χ0) is 28.7. The molecule has 1 aliphatic rings. The summed E-state index contributed by atoms with van der Waals surface area (Å²) in [7, 11) is 0. The van der Waals surface area contributed by atoms with Crippen LogP contribution in [-0.2, 0) is 6.42 Å². The van der Waals surface area contributed by atoms with E-state index < -0.39 is 12.2 Å². The quantitative estimate of drug-likeness (QED) is 0.150. The lowest BCUT2D eigenvalue weighted by Gasteiger charge is -2.19. The van der Waals surface area contributed by atoms with E-state index in [0.717, 1.165) is 54.2 Å². The highest BCUT2D eigenvalue weighted by Gasteiger charge is 2.42. The van der Waals surface area contributed by atoms with E-state index in [4.69, 9.17) is 9.72 Å². The number of hydrogen-bond donors (Lipinski definition) is 4. The first-order valence-corrected chi connectivity index (χ1v) is 15.4. The van der Waals surface area contributed by atoms with E-state index in [1.165, 1.54) is 23.2 Å². The molecular formula is C32H36N6O3S. The summed E-state index contributed by atoms with van der Waals surface area (Å²) >= 11 is 1.48. The lowest BCUT2D eigenvalue weighted by atomic mass is 10.1. The summed E-state index contributed by atoms with van der Waals surface area (Å²) in [6.07, 6.45) is 6.20. The van der Waals surface area contributed by atoms with Crippen LogP contribution in [0.5, 0.6) is 11.6 Å². The van der Waals surface area contributed by atoms with Gasteiger partial charge in [0.25, 0.3) is 0 Å².